The first kappa shape index (κ1) is 23.5. The topological polar surface area (TPSA) is 52.6 Å². The van der Waals surface area contributed by atoms with E-state index < -0.39 is 10.8 Å². The Morgan fingerprint density at radius 3 is 1.83 bits per heavy atom. The van der Waals surface area contributed by atoms with Crippen molar-refractivity contribution in [3.63, 3.8) is 0 Å². The summed E-state index contributed by atoms with van der Waals surface area (Å²) in [6.07, 6.45) is 9.36. The molecule has 0 aromatic heterocycles. The van der Waals surface area contributed by atoms with Gasteiger partial charge in [0.2, 0.25) is 0 Å². The molecule has 0 heterocycles. The molecular weight excluding hydrogens is 351 g/mol. The van der Waals surface area contributed by atoms with Crippen LogP contribution in [0.2, 0.25) is 0 Å². The SMILES string of the molecule is CCC(CCCCCCCCCOC(=O)C(C)Cl)OC(=O)C(C)Cl. The Balaban J connectivity index is 3.46. The number of rotatable bonds is 14. The number of hydrogen-bond acceptors (Lipinski definition) is 4. The number of halogens is 2. The van der Waals surface area contributed by atoms with Gasteiger partial charge in [-0.15, -0.1) is 23.2 Å². The van der Waals surface area contributed by atoms with E-state index in [1.54, 1.807) is 13.8 Å². The van der Waals surface area contributed by atoms with Crippen LogP contribution in [0.5, 0.6) is 0 Å². The fourth-order valence-corrected chi connectivity index (χ4v) is 2.36. The Bertz CT molecular complexity index is 346. The van der Waals surface area contributed by atoms with Gasteiger partial charge in [0.15, 0.2) is 0 Å². The third-order valence-electron chi connectivity index (χ3n) is 3.80. The van der Waals surface area contributed by atoms with Gasteiger partial charge >= 0.3 is 11.9 Å². The van der Waals surface area contributed by atoms with Gasteiger partial charge in [-0.25, -0.2) is 0 Å². The molecule has 6 heteroatoms. The molecule has 0 fully saturated rings. The quantitative estimate of drug-likeness (QED) is 0.234. The van der Waals surface area contributed by atoms with E-state index in [0.717, 1.165) is 44.9 Å². The molecule has 3 unspecified atom stereocenters. The van der Waals surface area contributed by atoms with E-state index in [1.165, 1.54) is 12.8 Å². The van der Waals surface area contributed by atoms with Gasteiger partial charge in [0.05, 0.1) is 6.61 Å². The lowest BCUT2D eigenvalue weighted by atomic mass is 10.1. The van der Waals surface area contributed by atoms with Crippen molar-refractivity contribution in [2.45, 2.75) is 95.4 Å². The molecule has 3 atom stereocenters. The summed E-state index contributed by atoms with van der Waals surface area (Å²) in [5.74, 6) is -0.667. The molecule has 0 aliphatic carbocycles. The molecule has 0 amide bonds. The molecule has 142 valence electrons. The highest BCUT2D eigenvalue weighted by atomic mass is 35.5. The van der Waals surface area contributed by atoms with Crippen LogP contribution in [0.15, 0.2) is 0 Å². The second-order valence-corrected chi connectivity index (χ2v) is 7.44. The molecule has 0 saturated heterocycles. The third kappa shape index (κ3) is 12.9. The summed E-state index contributed by atoms with van der Waals surface area (Å²) in [5.41, 5.74) is 0. The van der Waals surface area contributed by atoms with Crippen LogP contribution in [-0.4, -0.2) is 35.4 Å². The molecule has 0 radical (unpaired) electrons. The minimum absolute atomic E-state index is 0.0160. The lowest BCUT2D eigenvalue weighted by molar-refractivity contribution is -0.148. The highest BCUT2D eigenvalue weighted by Gasteiger charge is 2.16. The van der Waals surface area contributed by atoms with E-state index in [2.05, 4.69) is 0 Å². The highest BCUT2D eigenvalue weighted by molar-refractivity contribution is 6.29. The van der Waals surface area contributed by atoms with Crippen LogP contribution >= 0.6 is 23.2 Å². The smallest absolute Gasteiger partial charge is 0.324 e. The first-order chi connectivity index (χ1) is 11.4. The van der Waals surface area contributed by atoms with Crippen molar-refractivity contribution in [3.05, 3.63) is 0 Å². The molecule has 24 heavy (non-hydrogen) atoms. The Labute approximate surface area is 156 Å². The number of alkyl halides is 2. The fraction of sp³-hybridized carbons (Fsp3) is 0.889. The van der Waals surface area contributed by atoms with Gasteiger partial charge in [-0.1, -0.05) is 39.0 Å². The molecule has 0 spiro atoms. The molecule has 0 aromatic carbocycles. The van der Waals surface area contributed by atoms with E-state index in [-0.39, 0.29) is 18.0 Å². The molecule has 0 bridgehead atoms. The molecular formula is C18H32Cl2O4. The van der Waals surface area contributed by atoms with Crippen molar-refractivity contribution < 1.29 is 19.1 Å². The van der Waals surface area contributed by atoms with Gasteiger partial charge in [0, 0.05) is 0 Å². The Morgan fingerprint density at radius 2 is 1.33 bits per heavy atom. The van der Waals surface area contributed by atoms with Crippen LogP contribution in [0.4, 0.5) is 0 Å². The Morgan fingerprint density at radius 1 is 0.833 bits per heavy atom. The largest absolute Gasteiger partial charge is 0.465 e. The maximum Gasteiger partial charge on any atom is 0.324 e. The normalized spacial score (nSPS) is 14.7. The van der Waals surface area contributed by atoms with E-state index in [4.69, 9.17) is 32.7 Å². The van der Waals surface area contributed by atoms with Crippen LogP contribution in [0.1, 0.15) is 78.6 Å². The number of unbranched alkanes of at least 4 members (excludes halogenated alkanes) is 6. The zero-order valence-corrected chi connectivity index (χ0v) is 16.7. The summed E-state index contributed by atoms with van der Waals surface area (Å²) in [6.45, 7) is 5.73. The summed E-state index contributed by atoms with van der Waals surface area (Å²) in [7, 11) is 0. The third-order valence-corrected chi connectivity index (χ3v) is 4.16. The average molecular weight is 383 g/mol. The summed E-state index contributed by atoms with van der Waals surface area (Å²) in [4.78, 5) is 22.6. The standard InChI is InChI=1S/C18H32Cl2O4/c1-4-16(24-18(22)15(3)20)12-10-8-6-5-7-9-11-13-23-17(21)14(2)19/h14-16H,4-13H2,1-3H3. The molecule has 4 nitrogen and oxygen atoms in total. The van der Waals surface area contributed by atoms with E-state index in [1.807, 2.05) is 6.92 Å². The van der Waals surface area contributed by atoms with E-state index >= 15 is 0 Å². The lowest BCUT2D eigenvalue weighted by Crippen LogP contribution is -2.22. The van der Waals surface area contributed by atoms with Crippen LogP contribution in [-0.2, 0) is 19.1 Å². The number of esters is 2. The highest BCUT2D eigenvalue weighted by Crippen LogP contribution is 2.14. The van der Waals surface area contributed by atoms with Gasteiger partial charge in [-0.2, -0.15) is 0 Å². The molecule has 0 rings (SSSR count). The molecule has 0 N–H and O–H groups in total. The lowest BCUT2D eigenvalue weighted by Gasteiger charge is -2.16. The van der Waals surface area contributed by atoms with Crippen molar-refractivity contribution in [2.75, 3.05) is 6.61 Å². The van der Waals surface area contributed by atoms with Crippen LogP contribution < -0.4 is 0 Å². The molecule has 0 aromatic rings. The summed E-state index contributed by atoms with van der Waals surface area (Å²) < 4.78 is 10.4. The minimum Gasteiger partial charge on any atom is -0.465 e. The van der Waals surface area contributed by atoms with Crippen molar-refractivity contribution in [1.29, 1.82) is 0 Å². The molecule has 0 aliphatic heterocycles. The molecule has 0 saturated carbocycles. The van der Waals surface area contributed by atoms with E-state index in [0.29, 0.717) is 6.61 Å². The number of carbonyl (C=O) groups excluding carboxylic acids is 2. The van der Waals surface area contributed by atoms with Gasteiger partial charge in [-0.3, -0.25) is 9.59 Å². The maximum absolute atomic E-state index is 11.5. The van der Waals surface area contributed by atoms with E-state index in [9.17, 15) is 9.59 Å². The Hall–Kier alpha value is -0.480. The van der Waals surface area contributed by atoms with Gasteiger partial charge in [-0.05, 0) is 39.5 Å². The summed E-state index contributed by atoms with van der Waals surface area (Å²) >= 11 is 11.3. The zero-order chi connectivity index (χ0) is 18.4. The van der Waals surface area contributed by atoms with Crippen molar-refractivity contribution in [1.82, 2.24) is 0 Å². The predicted molar refractivity (Wildman–Crippen MR) is 98.7 cm³/mol. The van der Waals surface area contributed by atoms with Crippen LogP contribution in [0.3, 0.4) is 0 Å². The zero-order valence-electron chi connectivity index (χ0n) is 15.2. The number of carbonyl (C=O) groups is 2. The number of hydrogen-bond donors (Lipinski definition) is 0. The van der Waals surface area contributed by atoms with Crippen molar-refractivity contribution in [3.8, 4) is 0 Å². The average Bonchev–Trinajstić information content (AvgIpc) is 2.54. The van der Waals surface area contributed by atoms with Gasteiger partial charge < -0.3 is 9.47 Å². The summed E-state index contributed by atoms with van der Waals surface area (Å²) in [6, 6.07) is 0. The number of ether oxygens (including phenoxy) is 2. The predicted octanol–water partition coefficient (Wildman–Crippen LogP) is 5.23. The minimum atomic E-state index is -0.578. The van der Waals surface area contributed by atoms with Crippen LogP contribution in [0, 0.1) is 0 Å². The fourth-order valence-electron chi connectivity index (χ4n) is 2.25. The maximum atomic E-state index is 11.5. The monoisotopic (exact) mass is 382 g/mol. The van der Waals surface area contributed by atoms with Gasteiger partial charge in [0.25, 0.3) is 0 Å². The Kier molecular flexibility index (Phi) is 14.5. The van der Waals surface area contributed by atoms with Crippen molar-refractivity contribution >= 4 is 35.1 Å². The second-order valence-electron chi connectivity index (χ2n) is 6.13. The first-order valence-electron chi connectivity index (χ1n) is 9.03. The van der Waals surface area contributed by atoms with Crippen LogP contribution in [0.25, 0.3) is 0 Å². The first-order valence-corrected chi connectivity index (χ1v) is 9.91. The summed E-state index contributed by atoms with van der Waals surface area (Å²) in [5, 5.41) is -1.14. The van der Waals surface area contributed by atoms with Crippen molar-refractivity contribution in [2.24, 2.45) is 0 Å². The second kappa shape index (κ2) is 14.8. The van der Waals surface area contributed by atoms with Gasteiger partial charge in [0.1, 0.15) is 16.9 Å². The molecule has 0 aliphatic rings.